The van der Waals surface area contributed by atoms with Crippen LogP contribution in [0.25, 0.3) is 0 Å². The zero-order valence-corrected chi connectivity index (χ0v) is 15.7. The Morgan fingerprint density at radius 2 is 1.88 bits per heavy atom. The highest BCUT2D eigenvalue weighted by molar-refractivity contribution is 7.80. The van der Waals surface area contributed by atoms with Crippen LogP contribution in [-0.2, 0) is 4.74 Å². The van der Waals surface area contributed by atoms with Gasteiger partial charge in [-0.2, -0.15) is 0 Å². The van der Waals surface area contributed by atoms with E-state index in [1.165, 1.54) is 18.4 Å². The van der Waals surface area contributed by atoms with Crippen molar-refractivity contribution in [1.82, 2.24) is 0 Å². The van der Waals surface area contributed by atoms with Crippen molar-refractivity contribution in [3.63, 3.8) is 0 Å². The van der Waals surface area contributed by atoms with Crippen LogP contribution < -0.4 is 15.4 Å². The van der Waals surface area contributed by atoms with Gasteiger partial charge in [-0.15, -0.1) is 11.3 Å². The van der Waals surface area contributed by atoms with Crippen molar-refractivity contribution >= 4 is 45.3 Å². The summed E-state index contributed by atoms with van der Waals surface area (Å²) in [6.07, 6.45) is 0. The molecule has 0 atom stereocenters. The summed E-state index contributed by atoms with van der Waals surface area (Å²) in [5.74, 6) is 0.433. The van der Waals surface area contributed by atoms with Crippen molar-refractivity contribution in [2.45, 2.75) is 20.8 Å². The second kappa shape index (κ2) is 8.12. The Bertz CT molecular complexity index is 739. The number of benzene rings is 1. The first-order valence-corrected chi connectivity index (χ1v) is 8.67. The van der Waals surface area contributed by atoms with Crippen molar-refractivity contribution < 1.29 is 14.3 Å². The lowest BCUT2D eigenvalue weighted by Gasteiger charge is -2.11. The van der Waals surface area contributed by atoms with E-state index in [4.69, 9.17) is 21.7 Å². The summed E-state index contributed by atoms with van der Waals surface area (Å²) >= 11 is 6.81. The number of carbonyl (C=O) groups is 1. The molecule has 0 aliphatic heterocycles. The Morgan fingerprint density at radius 3 is 2.46 bits per heavy atom. The third-order valence-corrected chi connectivity index (χ3v) is 4.75. The molecule has 0 aliphatic carbocycles. The van der Waals surface area contributed by atoms with Gasteiger partial charge < -0.3 is 20.1 Å². The predicted molar refractivity (Wildman–Crippen MR) is 103 cm³/mol. The van der Waals surface area contributed by atoms with Crippen LogP contribution in [0.15, 0.2) is 24.3 Å². The topological polar surface area (TPSA) is 59.6 Å². The van der Waals surface area contributed by atoms with Crippen molar-refractivity contribution in [2.24, 2.45) is 0 Å². The van der Waals surface area contributed by atoms with Crippen LogP contribution in [0, 0.1) is 13.8 Å². The van der Waals surface area contributed by atoms with Gasteiger partial charge in [0, 0.05) is 10.6 Å². The minimum absolute atomic E-state index is 0.372. The number of esters is 1. The van der Waals surface area contributed by atoms with E-state index in [0.717, 1.165) is 21.9 Å². The minimum atomic E-state index is -0.372. The average molecular weight is 364 g/mol. The van der Waals surface area contributed by atoms with Crippen LogP contribution in [0.4, 0.5) is 10.7 Å². The second-order valence-corrected chi connectivity index (χ2v) is 6.65. The quantitative estimate of drug-likeness (QED) is 0.607. The lowest BCUT2D eigenvalue weighted by molar-refractivity contribution is 0.0601. The van der Waals surface area contributed by atoms with Crippen molar-refractivity contribution in [1.29, 1.82) is 0 Å². The SMILES string of the molecule is CCOc1ccc(NC(=S)Nc2sc(C)c(C)c2C(=O)OC)cc1. The first kappa shape index (κ1) is 18.2. The number of thiophene rings is 1. The fourth-order valence-electron chi connectivity index (χ4n) is 2.13. The molecule has 2 rings (SSSR count). The molecule has 0 spiro atoms. The summed E-state index contributed by atoms with van der Waals surface area (Å²) in [5.41, 5.74) is 2.26. The summed E-state index contributed by atoms with van der Waals surface area (Å²) in [5, 5.41) is 7.26. The molecular formula is C17H20N2O3S2. The van der Waals surface area contributed by atoms with Crippen LogP contribution in [-0.4, -0.2) is 24.8 Å². The molecule has 1 heterocycles. The highest BCUT2D eigenvalue weighted by Crippen LogP contribution is 2.33. The van der Waals surface area contributed by atoms with E-state index in [-0.39, 0.29) is 5.97 Å². The fraction of sp³-hybridized carbons (Fsp3) is 0.294. The third-order valence-electron chi connectivity index (χ3n) is 3.43. The number of hydrogen-bond acceptors (Lipinski definition) is 5. The van der Waals surface area contributed by atoms with Gasteiger partial charge in [-0.1, -0.05) is 0 Å². The summed E-state index contributed by atoms with van der Waals surface area (Å²) < 4.78 is 10.3. The largest absolute Gasteiger partial charge is 0.494 e. The number of hydrogen-bond donors (Lipinski definition) is 2. The number of ether oxygens (including phenoxy) is 2. The van der Waals surface area contributed by atoms with Gasteiger partial charge >= 0.3 is 5.97 Å². The molecule has 0 unspecified atom stereocenters. The Morgan fingerprint density at radius 1 is 1.21 bits per heavy atom. The van der Waals surface area contributed by atoms with E-state index >= 15 is 0 Å². The Labute approximate surface area is 151 Å². The molecule has 0 bridgehead atoms. The number of carbonyl (C=O) groups excluding carboxylic acids is 1. The maximum Gasteiger partial charge on any atom is 0.341 e. The Balaban J connectivity index is 2.10. The normalized spacial score (nSPS) is 10.2. The van der Waals surface area contributed by atoms with E-state index in [1.807, 2.05) is 45.0 Å². The molecule has 0 saturated heterocycles. The first-order chi connectivity index (χ1) is 11.5. The molecule has 24 heavy (non-hydrogen) atoms. The molecule has 1 aromatic carbocycles. The van der Waals surface area contributed by atoms with E-state index in [9.17, 15) is 4.79 Å². The predicted octanol–water partition coefficient (Wildman–Crippen LogP) is 4.36. The maximum atomic E-state index is 12.0. The van der Waals surface area contributed by atoms with Gasteiger partial charge in [0.25, 0.3) is 0 Å². The molecule has 2 aromatic rings. The van der Waals surface area contributed by atoms with E-state index in [0.29, 0.717) is 22.3 Å². The number of aryl methyl sites for hydroxylation is 1. The Hall–Kier alpha value is -2.12. The molecule has 1 aromatic heterocycles. The van der Waals surface area contributed by atoms with Crippen LogP contribution in [0.5, 0.6) is 5.75 Å². The smallest absolute Gasteiger partial charge is 0.341 e. The van der Waals surface area contributed by atoms with Gasteiger partial charge in [0.2, 0.25) is 0 Å². The number of methoxy groups -OCH3 is 1. The van der Waals surface area contributed by atoms with Gasteiger partial charge in [-0.3, -0.25) is 0 Å². The second-order valence-electron chi connectivity index (χ2n) is 5.02. The molecule has 0 amide bonds. The zero-order chi connectivity index (χ0) is 17.7. The van der Waals surface area contributed by atoms with Crippen LogP contribution in [0.2, 0.25) is 0 Å². The van der Waals surface area contributed by atoms with Gasteiger partial charge in [0.1, 0.15) is 10.8 Å². The van der Waals surface area contributed by atoms with Gasteiger partial charge in [0.15, 0.2) is 5.11 Å². The summed E-state index contributed by atoms with van der Waals surface area (Å²) in [7, 11) is 1.37. The molecule has 0 radical (unpaired) electrons. The molecule has 5 nitrogen and oxygen atoms in total. The molecule has 0 saturated carbocycles. The van der Waals surface area contributed by atoms with Crippen LogP contribution in [0.1, 0.15) is 27.7 Å². The summed E-state index contributed by atoms with van der Waals surface area (Å²) in [6, 6.07) is 7.50. The number of thiocarbonyl (C=S) groups is 1. The monoisotopic (exact) mass is 364 g/mol. The third kappa shape index (κ3) is 4.24. The highest BCUT2D eigenvalue weighted by Gasteiger charge is 2.20. The van der Waals surface area contributed by atoms with Crippen LogP contribution in [0.3, 0.4) is 0 Å². The fourth-order valence-corrected chi connectivity index (χ4v) is 3.47. The van der Waals surface area contributed by atoms with Crippen LogP contribution >= 0.6 is 23.6 Å². The molecule has 7 heteroatoms. The average Bonchev–Trinajstić information content (AvgIpc) is 2.83. The summed E-state index contributed by atoms with van der Waals surface area (Å²) in [4.78, 5) is 13.0. The number of nitrogens with one attached hydrogen (secondary N) is 2. The molecule has 2 N–H and O–H groups in total. The number of anilines is 2. The van der Waals surface area contributed by atoms with Gasteiger partial charge in [-0.05, 0) is 62.8 Å². The summed E-state index contributed by atoms with van der Waals surface area (Å²) in [6.45, 7) is 6.42. The molecule has 0 fully saturated rings. The van der Waals surface area contributed by atoms with Crippen molar-refractivity contribution in [2.75, 3.05) is 24.4 Å². The van der Waals surface area contributed by atoms with Crippen molar-refractivity contribution in [3.8, 4) is 5.75 Å². The Kier molecular flexibility index (Phi) is 6.16. The van der Waals surface area contributed by atoms with E-state index < -0.39 is 0 Å². The maximum absolute atomic E-state index is 12.0. The lowest BCUT2D eigenvalue weighted by Crippen LogP contribution is -2.20. The standard InChI is InChI=1S/C17H20N2O3S2/c1-5-22-13-8-6-12(7-9-13)18-17(23)19-15-14(16(20)21-4)10(2)11(3)24-15/h6-9H,5H2,1-4H3,(H2,18,19,23). The zero-order valence-electron chi connectivity index (χ0n) is 14.1. The molecule has 128 valence electrons. The lowest BCUT2D eigenvalue weighted by atomic mass is 10.1. The van der Waals surface area contributed by atoms with Crippen molar-refractivity contribution in [3.05, 3.63) is 40.3 Å². The van der Waals surface area contributed by atoms with E-state index in [1.54, 1.807) is 0 Å². The van der Waals surface area contributed by atoms with E-state index in [2.05, 4.69) is 10.6 Å². The molecular weight excluding hydrogens is 344 g/mol. The first-order valence-electron chi connectivity index (χ1n) is 7.45. The minimum Gasteiger partial charge on any atom is -0.494 e. The number of rotatable bonds is 5. The molecule has 0 aliphatic rings. The highest BCUT2D eigenvalue weighted by atomic mass is 32.1. The van der Waals surface area contributed by atoms with Gasteiger partial charge in [0.05, 0.1) is 19.3 Å². The van der Waals surface area contributed by atoms with Gasteiger partial charge in [-0.25, -0.2) is 4.79 Å².